The lowest BCUT2D eigenvalue weighted by atomic mass is 10.0. The molecule has 0 aliphatic carbocycles. The highest BCUT2D eigenvalue weighted by atomic mass is 35.5. The lowest BCUT2D eigenvalue weighted by Crippen LogP contribution is -2.26. The Balaban J connectivity index is 2.42. The van der Waals surface area contributed by atoms with E-state index in [1.54, 1.807) is 12.5 Å². The molecule has 0 saturated heterocycles. The molecule has 0 fully saturated rings. The average Bonchev–Trinajstić information content (AvgIpc) is 2.98. The molecule has 2 rings (SSSR count). The van der Waals surface area contributed by atoms with Gasteiger partial charge >= 0.3 is 0 Å². The summed E-state index contributed by atoms with van der Waals surface area (Å²) in [7, 11) is 0. The minimum Gasteiger partial charge on any atom is -0.469 e. The van der Waals surface area contributed by atoms with Gasteiger partial charge in [0, 0.05) is 12.1 Å². The lowest BCUT2D eigenvalue weighted by molar-refractivity contribution is 0.500. The summed E-state index contributed by atoms with van der Waals surface area (Å²) in [6, 6.07) is 2.01. The first-order valence-corrected chi connectivity index (χ1v) is 7.05. The summed E-state index contributed by atoms with van der Waals surface area (Å²) in [5, 5.41) is 8.53. The molecule has 104 valence electrons. The van der Waals surface area contributed by atoms with Crippen LogP contribution >= 0.6 is 11.6 Å². The minimum absolute atomic E-state index is 0.0219. The monoisotopic (exact) mass is 281 g/mol. The number of aromatic nitrogens is 2. The Labute approximate surface area is 118 Å². The van der Waals surface area contributed by atoms with Gasteiger partial charge in [0.05, 0.1) is 29.2 Å². The molecule has 0 amide bonds. The Morgan fingerprint density at radius 1 is 1.47 bits per heavy atom. The predicted octanol–water partition coefficient (Wildman–Crippen LogP) is 3.55. The summed E-state index contributed by atoms with van der Waals surface area (Å²) in [6.07, 6.45) is 4.48. The van der Waals surface area contributed by atoms with E-state index in [4.69, 9.17) is 16.0 Å². The summed E-state index contributed by atoms with van der Waals surface area (Å²) in [5.41, 5.74) is 2.12. The maximum absolute atomic E-state index is 6.31. The topological polar surface area (TPSA) is 43.0 Å². The highest BCUT2D eigenvalue weighted by molar-refractivity contribution is 6.31. The summed E-state index contributed by atoms with van der Waals surface area (Å²) in [5.74, 6) is 0.911. The van der Waals surface area contributed by atoms with Gasteiger partial charge in [-0.15, -0.1) is 0 Å². The first-order chi connectivity index (χ1) is 9.19. The third-order valence-corrected chi connectivity index (χ3v) is 3.51. The first kappa shape index (κ1) is 14.2. The van der Waals surface area contributed by atoms with E-state index in [0.29, 0.717) is 5.02 Å². The number of nitrogens with zero attached hydrogens (tertiary/aromatic N) is 2. The normalized spacial score (nSPS) is 12.8. The summed E-state index contributed by atoms with van der Waals surface area (Å²) < 4.78 is 7.36. The second-order valence-electron chi connectivity index (χ2n) is 4.51. The number of rotatable bonds is 6. The molecule has 4 nitrogen and oxygen atoms in total. The molecule has 1 N–H and O–H groups in total. The zero-order valence-corrected chi connectivity index (χ0v) is 12.4. The van der Waals surface area contributed by atoms with E-state index in [2.05, 4.69) is 24.3 Å². The van der Waals surface area contributed by atoms with Crippen LogP contribution in [-0.2, 0) is 6.54 Å². The molecule has 0 aromatic carbocycles. The van der Waals surface area contributed by atoms with Crippen molar-refractivity contribution >= 4 is 11.6 Å². The van der Waals surface area contributed by atoms with Gasteiger partial charge in [-0.1, -0.05) is 18.5 Å². The quantitative estimate of drug-likeness (QED) is 0.880. The van der Waals surface area contributed by atoms with Crippen molar-refractivity contribution < 1.29 is 4.42 Å². The summed E-state index contributed by atoms with van der Waals surface area (Å²) >= 11 is 6.31. The number of hydrogen-bond donors (Lipinski definition) is 1. The van der Waals surface area contributed by atoms with E-state index in [1.165, 1.54) is 0 Å². The maximum atomic E-state index is 6.31. The molecular weight excluding hydrogens is 262 g/mol. The molecule has 0 aliphatic rings. The van der Waals surface area contributed by atoms with Gasteiger partial charge in [0.1, 0.15) is 5.76 Å². The first-order valence-electron chi connectivity index (χ1n) is 6.67. The fraction of sp³-hybridized carbons (Fsp3) is 0.500. The van der Waals surface area contributed by atoms with E-state index in [9.17, 15) is 0 Å². The number of nitrogens with one attached hydrogen (secondary N) is 1. The van der Waals surface area contributed by atoms with Crippen LogP contribution in [0.3, 0.4) is 0 Å². The van der Waals surface area contributed by atoms with Crippen molar-refractivity contribution in [2.24, 2.45) is 0 Å². The average molecular weight is 282 g/mol. The SMILES string of the molecule is CCCNC(c1ccoc1C)c1c(Cl)cnn1CC. The molecule has 0 bridgehead atoms. The van der Waals surface area contributed by atoms with Crippen LogP contribution in [0.2, 0.25) is 5.02 Å². The maximum Gasteiger partial charge on any atom is 0.105 e. The zero-order chi connectivity index (χ0) is 13.8. The van der Waals surface area contributed by atoms with Gasteiger partial charge in [-0.25, -0.2) is 0 Å². The molecule has 19 heavy (non-hydrogen) atoms. The van der Waals surface area contributed by atoms with Gasteiger partial charge in [-0.3, -0.25) is 4.68 Å². The van der Waals surface area contributed by atoms with Gasteiger partial charge in [-0.2, -0.15) is 5.10 Å². The van der Waals surface area contributed by atoms with Crippen molar-refractivity contribution in [1.82, 2.24) is 15.1 Å². The Hall–Kier alpha value is -1.26. The molecular formula is C14H20ClN3O. The molecule has 1 unspecified atom stereocenters. The Morgan fingerprint density at radius 3 is 2.84 bits per heavy atom. The van der Waals surface area contributed by atoms with Crippen LogP contribution in [0, 0.1) is 6.92 Å². The van der Waals surface area contributed by atoms with Crippen molar-refractivity contribution in [3.05, 3.63) is 40.6 Å². The van der Waals surface area contributed by atoms with Crippen molar-refractivity contribution in [2.75, 3.05) is 6.54 Å². The van der Waals surface area contributed by atoms with Crippen LogP contribution in [0.5, 0.6) is 0 Å². The van der Waals surface area contributed by atoms with E-state index < -0.39 is 0 Å². The predicted molar refractivity (Wildman–Crippen MR) is 76.5 cm³/mol. The Morgan fingerprint density at radius 2 is 2.26 bits per heavy atom. The van der Waals surface area contributed by atoms with Crippen LogP contribution in [0.25, 0.3) is 0 Å². The number of furan rings is 1. The highest BCUT2D eigenvalue weighted by Gasteiger charge is 2.23. The summed E-state index contributed by atoms with van der Waals surface area (Å²) in [4.78, 5) is 0. The molecule has 1 atom stereocenters. The third-order valence-electron chi connectivity index (χ3n) is 3.21. The summed E-state index contributed by atoms with van der Waals surface area (Å²) in [6.45, 7) is 7.89. The fourth-order valence-electron chi connectivity index (χ4n) is 2.25. The van der Waals surface area contributed by atoms with Crippen LogP contribution in [0.1, 0.15) is 43.3 Å². The Bertz CT molecular complexity index is 533. The second kappa shape index (κ2) is 6.26. The van der Waals surface area contributed by atoms with Gasteiger partial charge in [0.2, 0.25) is 0 Å². The largest absolute Gasteiger partial charge is 0.469 e. The van der Waals surface area contributed by atoms with E-state index in [1.807, 2.05) is 17.7 Å². The van der Waals surface area contributed by atoms with Crippen molar-refractivity contribution in [3.8, 4) is 0 Å². The van der Waals surface area contributed by atoms with Crippen molar-refractivity contribution in [1.29, 1.82) is 0 Å². The van der Waals surface area contributed by atoms with Gasteiger partial charge < -0.3 is 9.73 Å². The lowest BCUT2D eigenvalue weighted by Gasteiger charge is -2.20. The van der Waals surface area contributed by atoms with E-state index >= 15 is 0 Å². The second-order valence-corrected chi connectivity index (χ2v) is 4.92. The minimum atomic E-state index is 0.0219. The van der Waals surface area contributed by atoms with Crippen LogP contribution in [-0.4, -0.2) is 16.3 Å². The number of halogens is 1. The fourth-order valence-corrected chi connectivity index (χ4v) is 2.50. The van der Waals surface area contributed by atoms with Crippen LogP contribution in [0.15, 0.2) is 22.9 Å². The van der Waals surface area contributed by atoms with Crippen molar-refractivity contribution in [3.63, 3.8) is 0 Å². The molecule has 2 heterocycles. The van der Waals surface area contributed by atoms with Crippen LogP contribution in [0.4, 0.5) is 0 Å². The number of hydrogen-bond acceptors (Lipinski definition) is 3. The molecule has 0 aliphatic heterocycles. The standard InChI is InChI=1S/C14H20ClN3O/c1-4-7-16-13(11-6-8-19-10(11)3)14-12(15)9-17-18(14)5-2/h6,8-9,13,16H,4-5,7H2,1-3H3. The van der Waals surface area contributed by atoms with Gasteiger partial charge in [-0.05, 0) is 32.9 Å². The molecule has 2 aromatic rings. The third kappa shape index (κ3) is 2.85. The van der Waals surface area contributed by atoms with Crippen LogP contribution < -0.4 is 5.32 Å². The molecule has 0 spiro atoms. The van der Waals surface area contributed by atoms with E-state index in [0.717, 1.165) is 36.5 Å². The molecule has 2 aromatic heterocycles. The number of aryl methyl sites for hydroxylation is 2. The smallest absolute Gasteiger partial charge is 0.105 e. The van der Waals surface area contributed by atoms with Gasteiger partial charge in [0.25, 0.3) is 0 Å². The molecule has 0 saturated carbocycles. The van der Waals surface area contributed by atoms with E-state index in [-0.39, 0.29) is 6.04 Å². The molecule has 5 heteroatoms. The molecule has 0 radical (unpaired) electrons. The van der Waals surface area contributed by atoms with Gasteiger partial charge in [0.15, 0.2) is 0 Å². The highest BCUT2D eigenvalue weighted by Crippen LogP contribution is 2.30. The Kier molecular flexibility index (Phi) is 4.66. The van der Waals surface area contributed by atoms with Crippen molar-refractivity contribution in [2.45, 2.75) is 39.8 Å². The zero-order valence-electron chi connectivity index (χ0n) is 11.6.